The van der Waals surface area contributed by atoms with Gasteiger partial charge < -0.3 is 9.84 Å². The molecular formula is C24H13ClF3N3O7. The van der Waals surface area contributed by atoms with E-state index >= 15 is 0 Å². The van der Waals surface area contributed by atoms with Crippen LogP contribution < -0.4 is 15.0 Å². The number of nitrogens with one attached hydrogen (secondary N) is 1. The number of anilines is 1. The van der Waals surface area contributed by atoms with Gasteiger partial charge >= 0.3 is 17.9 Å². The molecule has 2 N–H and O–H groups in total. The van der Waals surface area contributed by atoms with Crippen molar-refractivity contribution >= 4 is 46.9 Å². The molecule has 0 unspecified atom stereocenters. The number of alkyl halides is 3. The maximum Gasteiger partial charge on any atom is 0.416 e. The molecule has 38 heavy (non-hydrogen) atoms. The monoisotopic (exact) mass is 547 g/mol. The van der Waals surface area contributed by atoms with E-state index in [9.17, 15) is 42.8 Å². The summed E-state index contributed by atoms with van der Waals surface area (Å²) in [5.41, 5.74) is -2.81. The summed E-state index contributed by atoms with van der Waals surface area (Å²) < 4.78 is 44.6. The number of aromatic hydroxyl groups is 1. The van der Waals surface area contributed by atoms with Gasteiger partial charge in [0.15, 0.2) is 0 Å². The number of barbiturate groups is 1. The number of rotatable bonds is 5. The first-order valence-electron chi connectivity index (χ1n) is 10.4. The lowest BCUT2D eigenvalue weighted by Gasteiger charge is -2.26. The van der Waals surface area contributed by atoms with Gasteiger partial charge in [0.2, 0.25) is 5.75 Å². The molecule has 0 bridgehead atoms. The normalized spacial score (nSPS) is 15.0. The van der Waals surface area contributed by atoms with Crippen LogP contribution in [-0.4, -0.2) is 27.9 Å². The Hall–Kier alpha value is -4.91. The Bertz CT molecular complexity index is 1520. The number of hydrogen-bond donors (Lipinski definition) is 2. The molecule has 1 fully saturated rings. The molecule has 1 aliphatic rings. The summed E-state index contributed by atoms with van der Waals surface area (Å²) >= 11 is 6.03. The molecular weight excluding hydrogens is 535 g/mol. The average Bonchev–Trinajstić information content (AvgIpc) is 2.83. The molecule has 1 heterocycles. The number of nitrogens with zero attached hydrogens (tertiary/aromatic N) is 2. The third-order valence-corrected chi connectivity index (χ3v) is 5.42. The Kier molecular flexibility index (Phi) is 6.79. The van der Waals surface area contributed by atoms with Crippen LogP contribution in [0.3, 0.4) is 0 Å². The molecule has 3 aromatic rings. The van der Waals surface area contributed by atoms with E-state index in [1.807, 2.05) is 5.32 Å². The standard InChI is InChI=1S/C24H13ClF3N3O7/c25-14-2-8-19(38-20-7-1-13(24(26,27)28)11-18(20)31(36)37)12(9-14)10-17-21(33)29-23(35)30(22(17)34)15-3-5-16(32)6-4-15/h1-11,32H,(H,29,33,35)/b17-10+. The summed E-state index contributed by atoms with van der Waals surface area (Å²) in [6.07, 6.45) is -3.83. The fourth-order valence-corrected chi connectivity index (χ4v) is 3.60. The quantitative estimate of drug-likeness (QED) is 0.188. The molecule has 0 saturated carbocycles. The SMILES string of the molecule is O=C1NC(=O)N(c2ccc(O)cc2)C(=O)/C1=C/c1cc(Cl)ccc1Oc1ccc(C(F)(F)F)cc1[N+](=O)[O-]. The summed E-state index contributed by atoms with van der Waals surface area (Å²) in [5.74, 6) is -3.00. The number of phenolic OH excluding ortho intramolecular Hbond substituents is 1. The van der Waals surface area contributed by atoms with E-state index in [1.54, 1.807) is 0 Å². The molecule has 0 atom stereocenters. The van der Waals surface area contributed by atoms with Gasteiger partial charge in [-0.3, -0.25) is 25.0 Å². The highest BCUT2D eigenvalue weighted by molar-refractivity contribution is 6.39. The average molecular weight is 548 g/mol. The van der Waals surface area contributed by atoms with E-state index in [0.717, 1.165) is 12.1 Å². The molecule has 4 rings (SSSR count). The molecule has 0 spiro atoms. The number of imide groups is 2. The Morgan fingerprint density at radius 3 is 2.29 bits per heavy atom. The second kappa shape index (κ2) is 9.86. The minimum Gasteiger partial charge on any atom is -0.508 e. The minimum absolute atomic E-state index is 0.0339. The van der Waals surface area contributed by atoms with E-state index in [-0.39, 0.29) is 27.8 Å². The van der Waals surface area contributed by atoms with Crippen LogP contribution in [0.25, 0.3) is 6.08 Å². The van der Waals surface area contributed by atoms with Gasteiger partial charge in [-0.25, -0.2) is 9.69 Å². The Morgan fingerprint density at radius 1 is 1.00 bits per heavy atom. The molecule has 10 nitrogen and oxygen atoms in total. The molecule has 4 amide bonds. The van der Waals surface area contributed by atoms with Crippen molar-refractivity contribution in [1.82, 2.24) is 5.32 Å². The fourth-order valence-electron chi connectivity index (χ4n) is 3.42. The molecule has 1 saturated heterocycles. The van der Waals surface area contributed by atoms with Crippen LogP contribution in [-0.2, 0) is 15.8 Å². The predicted octanol–water partition coefficient (Wildman–Crippen LogP) is 5.43. The van der Waals surface area contributed by atoms with Crippen LogP contribution in [0.15, 0.2) is 66.2 Å². The van der Waals surface area contributed by atoms with E-state index < -0.39 is 51.5 Å². The lowest BCUT2D eigenvalue weighted by atomic mass is 10.1. The third-order valence-electron chi connectivity index (χ3n) is 5.18. The first-order chi connectivity index (χ1) is 17.8. The van der Waals surface area contributed by atoms with Crippen molar-refractivity contribution in [3.05, 3.63) is 92.5 Å². The van der Waals surface area contributed by atoms with Crippen molar-refractivity contribution in [1.29, 1.82) is 0 Å². The van der Waals surface area contributed by atoms with Gasteiger partial charge in [0.1, 0.15) is 17.1 Å². The lowest BCUT2D eigenvalue weighted by Crippen LogP contribution is -2.54. The number of nitro benzene ring substituents is 1. The van der Waals surface area contributed by atoms with E-state index in [0.29, 0.717) is 17.0 Å². The van der Waals surface area contributed by atoms with Gasteiger partial charge in [0.25, 0.3) is 11.8 Å². The molecule has 1 aliphatic heterocycles. The van der Waals surface area contributed by atoms with Crippen molar-refractivity contribution in [2.24, 2.45) is 0 Å². The number of halogens is 4. The second-order valence-corrected chi connectivity index (χ2v) is 8.13. The van der Waals surface area contributed by atoms with Gasteiger partial charge in [0.05, 0.1) is 16.2 Å². The van der Waals surface area contributed by atoms with Crippen LogP contribution in [0.2, 0.25) is 5.02 Å². The zero-order valence-corrected chi connectivity index (χ0v) is 19.4. The molecule has 0 aromatic heterocycles. The fraction of sp³-hybridized carbons (Fsp3) is 0.0417. The molecule has 194 valence electrons. The summed E-state index contributed by atoms with van der Waals surface area (Å²) in [5, 5.41) is 23.0. The van der Waals surface area contributed by atoms with Crippen molar-refractivity contribution in [3.8, 4) is 17.2 Å². The summed E-state index contributed by atoms with van der Waals surface area (Å²) in [6, 6.07) is 9.34. The van der Waals surface area contributed by atoms with Gasteiger partial charge in [-0.1, -0.05) is 11.6 Å². The van der Waals surface area contributed by atoms with E-state index in [2.05, 4.69) is 0 Å². The number of urea groups is 1. The Balaban J connectivity index is 1.76. The number of ether oxygens (including phenoxy) is 1. The van der Waals surface area contributed by atoms with Gasteiger partial charge in [-0.15, -0.1) is 0 Å². The number of phenols is 1. The summed E-state index contributed by atoms with van der Waals surface area (Å²) in [4.78, 5) is 49.0. The molecule has 3 aromatic carbocycles. The van der Waals surface area contributed by atoms with E-state index in [4.69, 9.17) is 16.3 Å². The third kappa shape index (κ3) is 5.27. The second-order valence-electron chi connectivity index (χ2n) is 7.70. The van der Waals surface area contributed by atoms with Gasteiger partial charge in [0, 0.05) is 16.7 Å². The number of carbonyl (C=O) groups is 3. The van der Waals surface area contributed by atoms with E-state index in [1.165, 1.54) is 42.5 Å². The first kappa shape index (κ1) is 26.2. The highest BCUT2D eigenvalue weighted by atomic mass is 35.5. The highest BCUT2D eigenvalue weighted by Crippen LogP contribution is 2.39. The van der Waals surface area contributed by atoms with Crippen LogP contribution in [0.4, 0.5) is 29.3 Å². The smallest absolute Gasteiger partial charge is 0.416 e. The van der Waals surface area contributed by atoms with Crippen LogP contribution >= 0.6 is 11.6 Å². The largest absolute Gasteiger partial charge is 0.508 e. The molecule has 0 radical (unpaired) electrons. The molecule has 0 aliphatic carbocycles. The number of amides is 4. The zero-order valence-electron chi connectivity index (χ0n) is 18.7. The van der Waals surface area contributed by atoms with Crippen LogP contribution in [0.1, 0.15) is 11.1 Å². The Morgan fingerprint density at radius 2 is 1.66 bits per heavy atom. The van der Waals surface area contributed by atoms with Crippen LogP contribution in [0, 0.1) is 10.1 Å². The molecule has 14 heteroatoms. The van der Waals surface area contributed by atoms with Crippen molar-refractivity contribution in [2.75, 3.05) is 4.90 Å². The first-order valence-corrected chi connectivity index (χ1v) is 10.8. The van der Waals surface area contributed by atoms with Gasteiger partial charge in [-0.05, 0) is 60.7 Å². The topological polar surface area (TPSA) is 139 Å². The zero-order chi connectivity index (χ0) is 27.8. The summed E-state index contributed by atoms with van der Waals surface area (Å²) in [6.45, 7) is 0. The van der Waals surface area contributed by atoms with Crippen molar-refractivity contribution < 1.29 is 42.3 Å². The number of carbonyl (C=O) groups excluding carboxylic acids is 3. The van der Waals surface area contributed by atoms with Crippen LogP contribution in [0.5, 0.6) is 17.2 Å². The van der Waals surface area contributed by atoms with Crippen molar-refractivity contribution in [3.63, 3.8) is 0 Å². The maximum atomic E-state index is 13.1. The number of nitro groups is 1. The minimum atomic E-state index is -4.84. The van der Waals surface area contributed by atoms with Crippen molar-refractivity contribution in [2.45, 2.75) is 6.18 Å². The highest BCUT2D eigenvalue weighted by Gasteiger charge is 2.37. The number of benzene rings is 3. The maximum absolute atomic E-state index is 13.1. The summed E-state index contributed by atoms with van der Waals surface area (Å²) in [7, 11) is 0. The predicted molar refractivity (Wildman–Crippen MR) is 127 cm³/mol. The number of hydrogen-bond acceptors (Lipinski definition) is 7. The van der Waals surface area contributed by atoms with Gasteiger partial charge in [-0.2, -0.15) is 13.2 Å². The lowest BCUT2D eigenvalue weighted by molar-refractivity contribution is -0.385. The Labute approximate surface area is 215 Å².